The topological polar surface area (TPSA) is 48.3 Å². The number of nitriles is 1. The SMILES string of the molecule is COc1ccc(CN2CCC3CCC(C2)N3)cc1C#N. The third-order valence-corrected chi connectivity index (χ3v) is 4.40. The predicted octanol–water partition coefficient (Wildman–Crippen LogP) is 1.89. The summed E-state index contributed by atoms with van der Waals surface area (Å²) in [4.78, 5) is 2.50. The van der Waals surface area contributed by atoms with E-state index < -0.39 is 0 Å². The zero-order chi connectivity index (χ0) is 13.9. The quantitative estimate of drug-likeness (QED) is 0.912. The number of methoxy groups -OCH3 is 1. The van der Waals surface area contributed by atoms with Crippen LogP contribution in [0.25, 0.3) is 0 Å². The molecular formula is C16H21N3O. The number of fused-ring (bicyclic) bond motifs is 2. The van der Waals surface area contributed by atoms with Crippen molar-refractivity contribution in [2.24, 2.45) is 0 Å². The van der Waals surface area contributed by atoms with Crippen LogP contribution in [0, 0.1) is 11.3 Å². The lowest BCUT2D eigenvalue weighted by Gasteiger charge is -2.24. The normalized spacial score (nSPS) is 26.0. The average Bonchev–Trinajstić information content (AvgIpc) is 2.81. The molecule has 0 saturated carbocycles. The monoisotopic (exact) mass is 271 g/mol. The molecule has 1 aromatic carbocycles. The third-order valence-electron chi connectivity index (χ3n) is 4.40. The molecule has 2 unspecified atom stereocenters. The molecule has 4 heteroatoms. The molecule has 2 heterocycles. The molecule has 3 rings (SSSR count). The molecule has 0 spiro atoms. The Morgan fingerprint density at radius 3 is 3.00 bits per heavy atom. The molecule has 0 aliphatic carbocycles. The smallest absolute Gasteiger partial charge is 0.136 e. The molecule has 2 aliphatic rings. The van der Waals surface area contributed by atoms with Gasteiger partial charge in [-0.2, -0.15) is 5.26 Å². The summed E-state index contributed by atoms with van der Waals surface area (Å²) in [7, 11) is 1.60. The number of rotatable bonds is 3. The summed E-state index contributed by atoms with van der Waals surface area (Å²) < 4.78 is 5.20. The third kappa shape index (κ3) is 2.79. The summed E-state index contributed by atoms with van der Waals surface area (Å²) in [5, 5.41) is 12.9. The van der Waals surface area contributed by atoms with Crippen LogP contribution in [0.4, 0.5) is 0 Å². The largest absolute Gasteiger partial charge is 0.495 e. The number of nitrogens with one attached hydrogen (secondary N) is 1. The van der Waals surface area contributed by atoms with E-state index in [2.05, 4.69) is 22.4 Å². The molecule has 0 aromatic heterocycles. The number of hydrogen-bond donors (Lipinski definition) is 1. The molecule has 106 valence electrons. The van der Waals surface area contributed by atoms with E-state index in [4.69, 9.17) is 10.00 Å². The van der Waals surface area contributed by atoms with E-state index in [0.29, 0.717) is 17.4 Å². The highest BCUT2D eigenvalue weighted by atomic mass is 16.5. The van der Waals surface area contributed by atoms with Gasteiger partial charge in [0, 0.05) is 31.7 Å². The summed E-state index contributed by atoms with van der Waals surface area (Å²) >= 11 is 0. The first-order chi connectivity index (χ1) is 9.78. The molecule has 1 N–H and O–H groups in total. The van der Waals surface area contributed by atoms with Gasteiger partial charge in [0.15, 0.2) is 0 Å². The van der Waals surface area contributed by atoms with Crippen LogP contribution in [0.2, 0.25) is 0 Å². The fourth-order valence-corrected chi connectivity index (χ4v) is 3.36. The van der Waals surface area contributed by atoms with Gasteiger partial charge < -0.3 is 10.1 Å². The van der Waals surface area contributed by atoms with Crippen LogP contribution in [0.5, 0.6) is 5.75 Å². The molecule has 2 atom stereocenters. The second-order valence-electron chi connectivity index (χ2n) is 5.81. The minimum Gasteiger partial charge on any atom is -0.495 e. The van der Waals surface area contributed by atoms with E-state index in [1.165, 1.54) is 24.8 Å². The van der Waals surface area contributed by atoms with E-state index in [1.807, 2.05) is 12.1 Å². The Balaban J connectivity index is 1.70. The maximum Gasteiger partial charge on any atom is 0.136 e. The molecule has 1 aromatic rings. The lowest BCUT2D eigenvalue weighted by atomic mass is 10.1. The molecule has 0 amide bonds. The standard InChI is InChI=1S/C16H21N3O/c1-20-16-5-2-12(8-13(16)9-17)10-19-7-6-14-3-4-15(11-19)18-14/h2,5,8,14-15,18H,3-4,6-7,10-11H2,1H3. The average molecular weight is 271 g/mol. The first-order valence-electron chi connectivity index (χ1n) is 7.34. The van der Waals surface area contributed by atoms with Crippen LogP contribution in [-0.2, 0) is 6.54 Å². The zero-order valence-electron chi connectivity index (χ0n) is 11.9. The van der Waals surface area contributed by atoms with Crippen LogP contribution in [0.1, 0.15) is 30.4 Å². The van der Waals surface area contributed by atoms with Gasteiger partial charge in [0.1, 0.15) is 11.8 Å². The molecule has 2 bridgehead atoms. The van der Waals surface area contributed by atoms with Gasteiger partial charge in [-0.1, -0.05) is 6.07 Å². The summed E-state index contributed by atoms with van der Waals surface area (Å²) in [6, 6.07) is 9.49. The van der Waals surface area contributed by atoms with Crippen LogP contribution >= 0.6 is 0 Å². The summed E-state index contributed by atoms with van der Waals surface area (Å²) in [6.07, 6.45) is 3.87. The second-order valence-corrected chi connectivity index (χ2v) is 5.81. The van der Waals surface area contributed by atoms with Gasteiger partial charge in [-0.3, -0.25) is 4.90 Å². The fourth-order valence-electron chi connectivity index (χ4n) is 3.36. The van der Waals surface area contributed by atoms with Crippen molar-refractivity contribution in [2.45, 2.75) is 37.9 Å². The van der Waals surface area contributed by atoms with Crippen molar-refractivity contribution < 1.29 is 4.74 Å². The molecule has 2 aliphatic heterocycles. The number of ether oxygens (including phenoxy) is 1. The second kappa shape index (κ2) is 5.82. The first-order valence-corrected chi connectivity index (χ1v) is 7.34. The maximum atomic E-state index is 9.16. The molecule has 2 saturated heterocycles. The Bertz CT molecular complexity index is 523. The van der Waals surface area contributed by atoms with E-state index in [9.17, 15) is 0 Å². The highest BCUT2D eigenvalue weighted by Gasteiger charge is 2.29. The summed E-state index contributed by atoms with van der Waals surface area (Å²) in [5.74, 6) is 0.660. The Kier molecular flexibility index (Phi) is 3.90. The lowest BCUT2D eigenvalue weighted by molar-refractivity contribution is 0.251. The fraction of sp³-hybridized carbons (Fsp3) is 0.562. The summed E-state index contributed by atoms with van der Waals surface area (Å²) in [5.41, 5.74) is 1.82. The van der Waals surface area contributed by atoms with Crippen molar-refractivity contribution in [3.8, 4) is 11.8 Å². The van der Waals surface area contributed by atoms with Gasteiger partial charge in [0.2, 0.25) is 0 Å². The number of hydrogen-bond acceptors (Lipinski definition) is 4. The van der Waals surface area contributed by atoms with E-state index >= 15 is 0 Å². The van der Waals surface area contributed by atoms with Crippen LogP contribution < -0.4 is 10.1 Å². The van der Waals surface area contributed by atoms with E-state index in [0.717, 1.165) is 25.7 Å². The maximum absolute atomic E-state index is 9.16. The van der Waals surface area contributed by atoms with Crippen LogP contribution in [0.3, 0.4) is 0 Å². The Morgan fingerprint density at radius 1 is 1.35 bits per heavy atom. The summed E-state index contributed by atoms with van der Waals surface area (Å²) in [6.45, 7) is 3.18. The highest BCUT2D eigenvalue weighted by Crippen LogP contribution is 2.23. The number of likely N-dealkylation sites (tertiary alicyclic amines) is 1. The molecule has 4 nitrogen and oxygen atoms in total. The Hall–Kier alpha value is -1.57. The van der Waals surface area contributed by atoms with E-state index in [1.54, 1.807) is 7.11 Å². The van der Waals surface area contributed by atoms with Crippen molar-refractivity contribution >= 4 is 0 Å². The molecule has 2 fully saturated rings. The number of benzene rings is 1. The van der Waals surface area contributed by atoms with Gasteiger partial charge in [0.05, 0.1) is 12.7 Å². The minimum absolute atomic E-state index is 0.625. The molecule has 20 heavy (non-hydrogen) atoms. The van der Waals surface area contributed by atoms with Gasteiger partial charge in [-0.25, -0.2) is 0 Å². The highest BCUT2D eigenvalue weighted by molar-refractivity contribution is 5.45. The van der Waals surface area contributed by atoms with Crippen molar-refractivity contribution in [3.63, 3.8) is 0 Å². The van der Waals surface area contributed by atoms with Crippen LogP contribution in [-0.4, -0.2) is 37.2 Å². The Morgan fingerprint density at radius 2 is 2.20 bits per heavy atom. The molecular weight excluding hydrogens is 250 g/mol. The van der Waals surface area contributed by atoms with Crippen molar-refractivity contribution in [2.75, 3.05) is 20.2 Å². The van der Waals surface area contributed by atoms with Gasteiger partial charge in [-0.15, -0.1) is 0 Å². The van der Waals surface area contributed by atoms with Crippen molar-refractivity contribution in [1.29, 1.82) is 5.26 Å². The minimum atomic E-state index is 0.625. The van der Waals surface area contributed by atoms with Gasteiger partial charge >= 0.3 is 0 Å². The molecule has 0 radical (unpaired) electrons. The number of nitrogens with zero attached hydrogens (tertiary/aromatic N) is 2. The Labute approximate surface area is 120 Å². The van der Waals surface area contributed by atoms with Gasteiger partial charge in [-0.05, 0) is 37.0 Å². The predicted molar refractivity (Wildman–Crippen MR) is 77.5 cm³/mol. The van der Waals surface area contributed by atoms with Crippen molar-refractivity contribution in [3.05, 3.63) is 29.3 Å². The lowest BCUT2D eigenvalue weighted by Crippen LogP contribution is -2.34. The van der Waals surface area contributed by atoms with E-state index in [-0.39, 0.29) is 0 Å². The first kappa shape index (κ1) is 13.4. The zero-order valence-corrected chi connectivity index (χ0v) is 11.9. The van der Waals surface area contributed by atoms with Gasteiger partial charge in [0.25, 0.3) is 0 Å². The van der Waals surface area contributed by atoms with Crippen LogP contribution in [0.15, 0.2) is 18.2 Å². The van der Waals surface area contributed by atoms with Crippen molar-refractivity contribution in [1.82, 2.24) is 10.2 Å².